The van der Waals surface area contributed by atoms with E-state index in [-0.39, 0.29) is 23.4 Å². The number of aryl methyl sites for hydroxylation is 1. The number of aromatic nitrogens is 3. The molecule has 8 nitrogen and oxygen atoms in total. The standard InChI is InChI=1S/C19H23N5O3/c1-12-21-11-22-19(23-12)24-16-8-6-14(7-9-16)17(25)20-10-13-2-4-15(5-3-13)18(26)27/h2-5,11,14,16H,6-10H2,1H3,(H,20,25)(H,26,27)(H,21,22,23,24). The van der Waals surface area contributed by atoms with Crippen molar-refractivity contribution in [3.63, 3.8) is 0 Å². The minimum absolute atomic E-state index is 0.00133. The molecular formula is C19H23N5O3. The van der Waals surface area contributed by atoms with Gasteiger partial charge in [-0.2, -0.15) is 4.98 Å². The number of carboxylic acids is 1. The molecule has 3 rings (SSSR count). The third-order valence-corrected chi connectivity index (χ3v) is 4.79. The summed E-state index contributed by atoms with van der Waals surface area (Å²) in [6, 6.07) is 6.80. The third kappa shape index (κ3) is 5.22. The van der Waals surface area contributed by atoms with Crippen LogP contribution in [-0.2, 0) is 11.3 Å². The number of benzene rings is 1. The van der Waals surface area contributed by atoms with E-state index in [2.05, 4.69) is 25.6 Å². The SMILES string of the molecule is Cc1ncnc(NC2CCC(C(=O)NCc3ccc(C(=O)O)cc3)CC2)n1. The number of nitrogens with zero attached hydrogens (tertiary/aromatic N) is 3. The van der Waals surface area contributed by atoms with Crippen molar-refractivity contribution >= 4 is 17.8 Å². The first-order chi connectivity index (χ1) is 13.0. The maximum atomic E-state index is 12.4. The van der Waals surface area contributed by atoms with Gasteiger partial charge in [0.2, 0.25) is 11.9 Å². The van der Waals surface area contributed by atoms with E-state index in [1.807, 2.05) is 6.92 Å². The van der Waals surface area contributed by atoms with Gasteiger partial charge in [-0.05, 0) is 50.3 Å². The van der Waals surface area contributed by atoms with Crippen LogP contribution >= 0.6 is 0 Å². The maximum Gasteiger partial charge on any atom is 0.335 e. The van der Waals surface area contributed by atoms with Crippen LogP contribution in [0.2, 0.25) is 0 Å². The molecule has 142 valence electrons. The third-order valence-electron chi connectivity index (χ3n) is 4.79. The van der Waals surface area contributed by atoms with Crippen LogP contribution in [0.5, 0.6) is 0 Å². The predicted octanol–water partition coefficient (Wildman–Crippen LogP) is 2.17. The second-order valence-corrected chi connectivity index (χ2v) is 6.77. The molecule has 1 amide bonds. The average Bonchev–Trinajstić information content (AvgIpc) is 2.67. The van der Waals surface area contributed by atoms with E-state index in [1.54, 1.807) is 24.3 Å². The molecule has 0 aliphatic heterocycles. The highest BCUT2D eigenvalue weighted by Crippen LogP contribution is 2.26. The largest absolute Gasteiger partial charge is 0.478 e. The molecule has 3 N–H and O–H groups in total. The average molecular weight is 369 g/mol. The first kappa shape index (κ1) is 18.8. The van der Waals surface area contributed by atoms with Crippen molar-refractivity contribution in [2.45, 2.75) is 45.2 Å². The molecule has 1 aromatic heterocycles. The van der Waals surface area contributed by atoms with Gasteiger partial charge in [0.25, 0.3) is 0 Å². The van der Waals surface area contributed by atoms with Crippen molar-refractivity contribution in [1.29, 1.82) is 0 Å². The maximum absolute atomic E-state index is 12.4. The smallest absolute Gasteiger partial charge is 0.335 e. The van der Waals surface area contributed by atoms with Gasteiger partial charge in [-0.15, -0.1) is 0 Å². The quantitative estimate of drug-likeness (QED) is 0.714. The van der Waals surface area contributed by atoms with E-state index >= 15 is 0 Å². The highest BCUT2D eigenvalue weighted by Gasteiger charge is 2.26. The van der Waals surface area contributed by atoms with Gasteiger partial charge < -0.3 is 15.7 Å². The van der Waals surface area contributed by atoms with Crippen LogP contribution in [0.1, 0.15) is 47.4 Å². The lowest BCUT2D eigenvalue weighted by molar-refractivity contribution is -0.126. The Kier molecular flexibility index (Phi) is 5.95. The normalized spacial score (nSPS) is 19.3. The van der Waals surface area contributed by atoms with E-state index in [4.69, 9.17) is 5.11 Å². The first-order valence-corrected chi connectivity index (χ1v) is 9.03. The van der Waals surface area contributed by atoms with Crippen molar-refractivity contribution in [3.8, 4) is 0 Å². The van der Waals surface area contributed by atoms with Crippen LogP contribution in [0.3, 0.4) is 0 Å². The lowest BCUT2D eigenvalue weighted by Gasteiger charge is -2.28. The molecule has 1 aromatic carbocycles. The number of carbonyl (C=O) groups excluding carboxylic acids is 1. The fourth-order valence-corrected chi connectivity index (χ4v) is 3.23. The van der Waals surface area contributed by atoms with Gasteiger partial charge in [-0.3, -0.25) is 4.79 Å². The fourth-order valence-electron chi connectivity index (χ4n) is 3.23. The predicted molar refractivity (Wildman–Crippen MR) is 99.2 cm³/mol. The number of carbonyl (C=O) groups is 2. The summed E-state index contributed by atoms with van der Waals surface area (Å²) in [7, 11) is 0. The fraction of sp³-hybridized carbons (Fsp3) is 0.421. The first-order valence-electron chi connectivity index (χ1n) is 9.03. The zero-order chi connectivity index (χ0) is 19.2. The van der Waals surface area contributed by atoms with Gasteiger partial charge in [0.1, 0.15) is 12.2 Å². The summed E-state index contributed by atoms with van der Waals surface area (Å²) >= 11 is 0. The Bertz CT molecular complexity index is 801. The Morgan fingerprint density at radius 3 is 2.44 bits per heavy atom. The monoisotopic (exact) mass is 369 g/mol. The number of amides is 1. The topological polar surface area (TPSA) is 117 Å². The Balaban J connectivity index is 1.43. The van der Waals surface area contributed by atoms with Crippen LogP contribution < -0.4 is 10.6 Å². The van der Waals surface area contributed by atoms with Crippen LogP contribution in [0, 0.1) is 12.8 Å². The van der Waals surface area contributed by atoms with Gasteiger partial charge in [-0.25, -0.2) is 14.8 Å². The number of hydrogen-bond acceptors (Lipinski definition) is 6. The molecule has 0 atom stereocenters. The Morgan fingerprint density at radius 1 is 1.11 bits per heavy atom. The van der Waals surface area contributed by atoms with Crippen molar-refractivity contribution in [3.05, 3.63) is 47.5 Å². The zero-order valence-corrected chi connectivity index (χ0v) is 15.2. The number of carboxylic acid groups (broad SMARTS) is 1. The number of nitrogens with one attached hydrogen (secondary N) is 2. The Labute approximate surface area is 157 Å². The highest BCUT2D eigenvalue weighted by atomic mass is 16.4. The molecule has 1 fully saturated rings. The molecule has 0 unspecified atom stereocenters. The summed E-state index contributed by atoms with van der Waals surface area (Å²) < 4.78 is 0. The molecule has 1 saturated carbocycles. The van der Waals surface area contributed by atoms with Gasteiger partial charge >= 0.3 is 5.97 Å². The lowest BCUT2D eigenvalue weighted by Crippen LogP contribution is -2.35. The highest BCUT2D eigenvalue weighted by molar-refractivity contribution is 5.87. The number of aromatic carboxylic acids is 1. The van der Waals surface area contributed by atoms with Crippen molar-refractivity contribution in [1.82, 2.24) is 20.3 Å². The Hall–Kier alpha value is -3.03. The van der Waals surface area contributed by atoms with Gasteiger partial charge in [0.05, 0.1) is 5.56 Å². The summed E-state index contributed by atoms with van der Waals surface area (Å²) in [6.45, 7) is 2.23. The van der Waals surface area contributed by atoms with E-state index in [1.165, 1.54) is 6.33 Å². The molecule has 0 spiro atoms. The zero-order valence-electron chi connectivity index (χ0n) is 15.2. The molecule has 8 heteroatoms. The lowest BCUT2D eigenvalue weighted by atomic mass is 9.85. The molecule has 27 heavy (non-hydrogen) atoms. The number of anilines is 1. The summed E-state index contributed by atoms with van der Waals surface area (Å²) in [5.41, 5.74) is 1.12. The minimum Gasteiger partial charge on any atom is -0.478 e. The van der Waals surface area contributed by atoms with Gasteiger partial charge in [-0.1, -0.05) is 12.1 Å². The molecule has 0 bridgehead atoms. The number of hydrogen-bond donors (Lipinski definition) is 3. The van der Waals surface area contributed by atoms with Crippen molar-refractivity contribution in [2.24, 2.45) is 5.92 Å². The van der Waals surface area contributed by atoms with Gasteiger partial charge in [0, 0.05) is 18.5 Å². The second-order valence-electron chi connectivity index (χ2n) is 6.77. The van der Waals surface area contributed by atoms with Crippen LogP contribution in [0.4, 0.5) is 5.95 Å². The van der Waals surface area contributed by atoms with Crippen molar-refractivity contribution < 1.29 is 14.7 Å². The van der Waals surface area contributed by atoms with Crippen molar-refractivity contribution in [2.75, 3.05) is 5.32 Å². The van der Waals surface area contributed by atoms with Crippen LogP contribution in [-0.4, -0.2) is 38.0 Å². The second kappa shape index (κ2) is 8.57. The van der Waals surface area contributed by atoms with E-state index < -0.39 is 5.97 Å². The van der Waals surface area contributed by atoms with E-state index in [0.717, 1.165) is 31.2 Å². The van der Waals surface area contributed by atoms with E-state index in [0.29, 0.717) is 18.3 Å². The molecule has 2 aromatic rings. The summed E-state index contributed by atoms with van der Waals surface area (Å²) in [5.74, 6) is 0.355. The molecule has 0 saturated heterocycles. The van der Waals surface area contributed by atoms with Gasteiger partial charge in [0.15, 0.2) is 0 Å². The molecular weight excluding hydrogens is 346 g/mol. The summed E-state index contributed by atoms with van der Waals surface area (Å²) in [5, 5.41) is 15.2. The van der Waals surface area contributed by atoms with Crippen LogP contribution in [0.25, 0.3) is 0 Å². The molecule has 0 radical (unpaired) electrons. The molecule has 1 heterocycles. The molecule has 1 aliphatic rings. The number of rotatable bonds is 6. The minimum atomic E-state index is -0.955. The Morgan fingerprint density at radius 2 is 1.81 bits per heavy atom. The van der Waals surface area contributed by atoms with Crippen LogP contribution in [0.15, 0.2) is 30.6 Å². The van der Waals surface area contributed by atoms with E-state index in [9.17, 15) is 9.59 Å². The molecule has 1 aliphatic carbocycles. The summed E-state index contributed by atoms with van der Waals surface area (Å²) in [4.78, 5) is 35.6. The summed E-state index contributed by atoms with van der Waals surface area (Å²) in [6.07, 6.45) is 4.88.